The van der Waals surface area contributed by atoms with E-state index in [1.54, 1.807) is 13.8 Å². The molecule has 1 unspecified atom stereocenters. The van der Waals surface area contributed by atoms with Crippen LogP contribution in [0.25, 0.3) is 0 Å². The first kappa shape index (κ1) is 17.5. The first-order chi connectivity index (χ1) is 7.92. The summed E-state index contributed by atoms with van der Waals surface area (Å²) in [6, 6.07) is 0.241. The molecule has 0 saturated carbocycles. The maximum absolute atomic E-state index is 11.7. The van der Waals surface area contributed by atoms with E-state index in [1.807, 2.05) is 11.8 Å². The number of hydrogen-bond donors (Lipinski definition) is 3. The third-order valence-corrected chi connectivity index (χ3v) is 3.96. The lowest BCUT2D eigenvalue weighted by Gasteiger charge is -2.24. The van der Waals surface area contributed by atoms with Crippen molar-refractivity contribution < 1.29 is 9.59 Å². The van der Waals surface area contributed by atoms with Gasteiger partial charge in [-0.3, -0.25) is 9.59 Å². The second-order valence-corrected chi connectivity index (χ2v) is 6.10. The number of carbonyl (C=O) groups is 2. The molecule has 0 aromatic rings. The lowest BCUT2D eigenvalue weighted by molar-refractivity contribution is -0.127. The van der Waals surface area contributed by atoms with Gasteiger partial charge in [0.15, 0.2) is 0 Å². The van der Waals surface area contributed by atoms with E-state index in [4.69, 9.17) is 5.73 Å². The molecular weight excluding hydrogens is 274 g/mol. The molecule has 18 heavy (non-hydrogen) atoms. The van der Waals surface area contributed by atoms with Gasteiger partial charge in [0, 0.05) is 37.1 Å². The van der Waals surface area contributed by atoms with Gasteiger partial charge >= 0.3 is 0 Å². The minimum absolute atomic E-state index is 0. The van der Waals surface area contributed by atoms with E-state index >= 15 is 0 Å². The van der Waals surface area contributed by atoms with Crippen LogP contribution in [-0.2, 0) is 9.59 Å². The third-order valence-electron chi connectivity index (χ3n) is 2.82. The molecule has 4 N–H and O–H groups in total. The summed E-state index contributed by atoms with van der Waals surface area (Å²) in [7, 11) is 0. The van der Waals surface area contributed by atoms with Gasteiger partial charge in [-0.1, -0.05) is 0 Å². The Kier molecular flexibility index (Phi) is 7.66. The minimum atomic E-state index is -0.690. The number of amides is 2. The zero-order valence-electron chi connectivity index (χ0n) is 10.8. The number of carbonyl (C=O) groups excluding carboxylic acids is 2. The minimum Gasteiger partial charge on any atom is -0.369 e. The number of primary amides is 1. The maximum atomic E-state index is 11.7. The van der Waals surface area contributed by atoms with Gasteiger partial charge in [-0.2, -0.15) is 11.8 Å². The van der Waals surface area contributed by atoms with Crippen LogP contribution in [0.3, 0.4) is 0 Å². The molecule has 1 atom stereocenters. The SMILES string of the molecule is CC(C)(CNC(=O)CC1CSCCN1)C(N)=O.Cl. The Labute approximate surface area is 118 Å². The van der Waals surface area contributed by atoms with Gasteiger partial charge in [-0.05, 0) is 13.8 Å². The Balaban J connectivity index is 0.00000289. The fourth-order valence-electron chi connectivity index (χ4n) is 1.45. The Morgan fingerprint density at radius 1 is 1.50 bits per heavy atom. The van der Waals surface area contributed by atoms with Crippen LogP contribution in [0.4, 0.5) is 0 Å². The van der Waals surface area contributed by atoms with Crippen LogP contribution in [0, 0.1) is 5.41 Å². The molecule has 1 saturated heterocycles. The summed E-state index contributed by atoms with van der Waals surface area (Å²) >= 11 is 1.86. The molecule has 0 spiro atoms. The highest BCUT2D eigenvalue weighted by Gasteiger charge is 2.26. The predicted molar refractivity (Wildman–Crippen MR) is 77.0 cm³/mol. The molecule has 1 rings (SSSR count). The normalized spacial score (nSPS) is 19.8. The monoisotopic (exact) mass is 295 g/mol. The molecule has 0 radical (unpaired) electrons. The quantitative estimate of drug-likeness (QED) is 0.673. The number of nitrogens with one attached hydrogen (secondary N) is 2. The molecule has 1 aliphatic heterocycles. The van der Waals surface area contributed by atoms with Gasteiger partial charge in [-0.25, -0.2) is 0 Å². The molecule has 1 fully saturated rings. The Hall–Kier alpha value is -0.460. The molecule has 0 aliphatic carbocycles. The molecule has 106 valence electrons. The molecular formula is C11H22ClN3O2S. The number of hydrogen-bond acceptors (Lipinski definition) is 4. The van der Waals surface area contributed by atoms with Crippen molar-refractivity contribution >= 4 is 36.0 Å². The number of halogens is 1. The van der Waals surface area contributed by atoms with Gasteiger partial charge in [0.2, 0.25) is 11.8 Å². The third kappa shape index (κ3) is 5.93. The Bertz CT molecular complexity index is 294. The van der Waals surface area contributed by atoms with Gasteiger partial charge in [-0.15, -0.1) is 12.4 Å². The summed E-state index contributed by atoms with van der Waals surface area (Å²) < 4.78 is 0. The van der Waals surface area contributed by atoms with Crippen LogP contribution in [0.2, 0.25) is 0 Å². The molecule has 0 aromatic heterocycles. The van der Waals surface area contributed by atoms with E-state index in [0.29, 0.717) is 13.0 Å². The van der Waals surface area contributed by atoms with Gasteiger partial charge < -0.3 is 16.4 Å². The summed E-state index contributed by atoms with van der Waals surface area (Å²) in [5.41, 5.74) is 4.54. The standard InChI is InChI=1S/C11H21N3O2S.ClH/c1-11(2,10(12)16)7-14-9(15)5-8-6-17-4-3-13-8;/h8,13H,3-7H2,1-2H3,(H2,12,16)(H,14,15);1H. The Morgan fingerprint density at radius 2 is 2.17 bits per heavy atom. The van der Waals surface area contributed by atoms with Gasteiger partial charge in [0.1, 0.15) is 0 Å². The van der Waals surface area contributed by atoms with Crippen molar-refractivity contribution in [3.8, 4) is 0 Å². The molecule has 0 aromatic carbocycles. The molecule has 2 amide bonds. The largest absolute Gasteiger partial charge is 0.369 e. The average Bonchev–Trinajstić information content (AvgIpc) is 2.28. The van der Waals surface area contributed by atoms with Crippen molar-refractivity contribution in [2.75, 3.05) is 24.6 Å². The highest BCUT2D eigenvalue weighted by atomic mass is 35.5. The predicted octanol–water partition coefficient (Wildman–Crippen LogP) is 0.131. The van der Waals surface area contributed by atoms with E-state index < -0.39 is 11.3 Å². The topological polar surface area (TPSA) is 84.2 Å². The highest BCUT2D eigenvalue weighted by Crippen LogP contribution is 2.13. The van der Waals surface area contributed by atoms with Crippen molar-refractivity contribution in [3.63, 3.8) is 0 Å². The van der Waals surface area contributed by atoms with E-state index in [2.05, 4.69) is 10.6 Å². The fraction of sp³-hybridized carbons (Fsp3) is 0.818. The summed E-state index contributed by atoms with van der Waals surface area (Å²) in [5, 5.41) is 6.06. The van der Waals surface area contributed by atoms with Crippen LogP contribution in [0.5, 0.6) is 0 Å². The molecule has 1 heterocycles. The van der Waals surface area contributed by atoms with Crippen LogP contribution < -0.4 is 16.4 Å². The van der Waals surface area contributed by atoms with Crippen molar-refractivity contribution in [1.29, 1.82) is 0 Å². The summed E-state index contributed by atoms with van der Waals surface area (Å²) in [6.45, 7) is 4.70. The van der Waals surface area contributed by atoms with Gasteiger partial charge in [0.05, 0.1) is 5.41 Å². The van der Waals surface area contributed by atoms with E-state index in [-0.39, 0.29) is 24.4 Å². The van der Waals surface area contributed by atoms with Crippen LogP contribution >= 0.6 is 24.2 Å². The number of rotatable bonds is 5. The maximum Gasteiger partial charge on any atom is 0.224 e. The summed E-state index contributed by atoms with van der Waals surface area (Å²) in [5.74, 6) is 1.64. The summed E-state index contributed by atoms with van der Waals surface area (Å²) in [4.78, 5) is 22.7. The van der Waals surface area contributed by atoms with Crippen LogP contribution in [0.15, 0.2) is 0 Å². The fourth-order valence-corrected chi connectivity index (χ4v) is 2.40. The lowest BCUT2D eigenvalue weighted by atomic mass is 9.93. The van der Waals surface area contributed by atoms with Crippen LogP contribution in [-0.4, -0.2) is 42.5 Å². The van der Waals surface area contributed by atoms with Crippen molar-refractivity contribution in [1.82, 2.24) is 10.6 Å². The second-order valence-electron chi connectivity index (χ2n) is 4.95. The summed E-state index contributed by atoms with van der Waals surface area (Å²) in [6.07, 6.45) is 0.460. The average molecular weight is 296 g/mol. The number of thioether (sulfide) groups is 1. The second kappa shape index (κ2) is 7.86. The smallest absolute Gasteiger partial charge is 0.224 e. The van der Waals surface area contributed by atoms with Crippen molar-refractivity contribution in [2.24, 2.45) is 11.1 Å². The zero-order chi connectivity index (χ0) is 12.9. The lowest BCUT2D eigenvalue weighted by Crippen LogP contribution is -2.45. The zero-order valence-corrected chi connectivity index (χ0v) is 12.5. The van der Waals surface area contributed by atoms with Gasteiger partial charge in [0.25, 0.3) is 0 Å². The van der Waals surface area contributed by atoms with Crippen molar-refractivity contribution in [2.45, 2.75) is 26.3 Å². The van der Waals surface area contributed by atoms with Crippen molar-refractivity contribution in [3.05, 3.63) is 0 Å². The molecule has 0 bridgehead atoms. The Morgan fingerprint density at radius 3 is 2.67 bits per heavy atom. The first-order valence-electron chi connectivity index (χ1n) is 5.79. The molecule has 5 nitrogen and oxygen atoms in total. The van der Waals surface area contributed by atoms with E-state index in [9.17, 15) is 9.59 Å². The van der Waals surface area contributed by atoms with E-state index in [0.717, 1.165) is 18.1 Å². The highest BCUT2D eigenvalue weighted by molar-refractivity contribution is 7.99. The van der Waals surface area contributed by atoms with E-state index in [1.165, 1.54) is 0 Å². The van der Waals surface area contributed by atoms with Crippen LogP contribution in [0.1, 0.15) is 20.3 Å². The molecule has 1 aliphatic rings. The molecule has 7 heteroatoms. The first-order valence-corrected chi connectivity index (χ1v) is 6.95. The number of nitrogens with two attached hydrogens (primary N) is 1.